The highest BCUT2D eigenvalue weighted by Crippen LogP contribution is 2.24. The maximum Gasteiger partial charge on any atom is 0.236 e. The second kappa shape index (κ2) is 7.24. The highest BCUT2D eigenvalue weighted by Gasteiger charge is 2.28. The third kappa shape index (κ3) is 3.50. The molecule has 1 amide bonds. The molecule has 0 aromatic heterocycles. The van der Waals surface area contributed by atoms with Gasteiger partial charge in [-0.25, -0.2) is 0 Å². The minimum absolute atomic E-state index is 0.320. The monoisotopic (exact) mass is 327 g/mol. The molecule has 0 N–H and O–H groups in total. The average molecular weight is 327 g/mol. The predicted molar refractivity (Wildman–Crippen MR) is 95.8 cm³/mol. The summed E-state index contributed by atoms with van der Waals surface area (Å²) in [6.07, 6.45) is 6.57. The van der Waals surface area contributed by atoms with Crippen molar-refractivity contribution in [2.45, 2.75) is 44.7 Å². The van der Waals surface area contributed by atoms with Crippen LogP contribution in [0.15, 0.2) is 24.3 Å². The number of hydrogen-bond donors (Lipinski definition) is 0. The van der Waals surface area contributed by atoms with Crippen LogP contribution in [0.4, 0.5) is 0 Å². The van der Waals surface area contributed by atoms with Gasteiger partial charge in [0.05, 0.1) is 6.54 Å². The topological polar surface area (TPSA) is 26.8 Å². The van der Waals surface area contributed by atoms with E-state index < -0.39 is 0 Å². The molecule has 1 saturated heterocycles. The summed E-state index contributed by atoms with van der Waals surface area (Å²) in [5.74, 6) is 0.320. The standard InChI is InChI=1S/C20H29N3O/c24-20(16-21-10-9-17-5-1-2-6-18(17)15-21)23-13-11-22(12-14-23)19-7-3-4-8-19/h1-2,5-6,19H,3-4,7-16H2. The van der Waals surface area contributed by atoms with E-state index in [4.69, 9.17) is 0 Å². The Morgan fingerprint density at radius 2 is 1.67 bits per heavy atom. The van der Waals surface area contributed by atoms with Crippen LogP contribution in [-0.4, -0.2) is 65.9 Å². The maximum absolute atomic E-state index is 12.7. The third-order valence-corrected chi connectivity index (χ3v) is 6.08. The largest absolute Gasteiger partial charge is 0.339 e. The van der Waals surface area contributed by atoms with Gasteiger partial charge in [0.15, 0.2) is 0 Å². The third-order valence-electron chi connectivity index (χ3n) is 6.08. The van der Waals surface area contributed by atoms with Crippen molar-refractivity contribution in [2.24, 2.45) is 0 Å². The lowest BCUT2D eigenvalue weighted by atomic mass is 10.00. The Balaban J connectivity index is 1.27. The summed E-state index contributed by atoms with van der Waals surface area (Å²) in [5.41, 5.74) is 2.84. The number of benzene rings is 1. The molecule has 0 unspecified atom stereocenters. The molecule has 0 atom stereocenters. The molecule has 0 bridgehead atoms. The first-order valence-corrected chi connectivity index (χ1v) is 9.60. The molecule has 1 saturated carbocycles. The fourth-order valence-electron chi connectivity index (χ4n) is 4.59. The van der Waals surface area contributed by atoms with Crippen LogP contribution in [0.1, 0.15) is 36.8 Å². The zero-order valence-corrected chi connectivity index (χ0v) is 14.6. The lowest BCUT2D eigenvalue weighted by Gasteiger charge is -2.39. The van der Waals surface area contributed by atoms with E-state index in [1.807, 2.05) is 0 Å². The van der Waals surface area contributed by atoms with E-state index in [0.717, 1.165) is 51.7 Å². The van der Waals surface area contributed by atoms with E-state index in [9.17, 15) is 4.79 Å². The number of carbonyl (C=O) groups is 1. The second-order valence-electron chi connectivity index (χ2n) is 7.58. The summed E-state index contributed by atoms with van der Waals surface area (Å²) in [6, 6.07) is 9.43. The Bertz CT molecular complexity index is 574. The summed E-state index contributed by atoms with van der Waals surface area (Å²) in [6.45, 7) is 6.48. The first-order valence-electron chi connectivity index (χ1n) is 9.60. The smallest absolute Gasteiger partial charge is 0.236 e. The van der Waals surface area contributed by atoms with Gasteiger partial charge in [0, 0.05) is 45.3 Å². The fourth-order valence-corrected chi connectivity index (χ4v) is 4.59. The van der Waals surface area contributed by atoms with Gasteiger partial charge in [0.1, 0.15) is 0 Å². The van der Waals surface area contributed by atoms with Gasteiger partial charge in [0.25, 0.3) is 0 Å². The molecule has 4 nitrogen and oxygen atoms in total. The Morgan fingerprint density at radius 3 is 2.42 bits per heavy atom. The van der Waals surface area contributed by atoms with Crippen LogP contribution in [0.2, 0.25) is 0 Å². The predicted octanol–water partition coefficient (Wildman–Crippen LogP) is 2.13. The normalized spacial score (nSPS) is 23.4. The summed E-state index contributed by atoms with van der Waals surface area (Å²) >= 11 is 0. The molecule has 1 aromatic carbocycles. The SMILES string of the molecule is O=C(CN1CCc2ccccc2C1)N1CCN(C2CCCC2)CC1. The van der Waals surface area contributed by atoms with Gasteiger partial charge in [0.2, 0.25) is 5.91 Å². The molecule has 24 heavy (non-hydrogen) atoms. The Labute approximate surface area is 145 Å². The molecule has 2 fully saturated rings. The molecular formula is C20H29N3O. The number of piperazine rings is 1. The van der Waals surface area contributed by atoms with Crippen molar-refractivity contribution in [3.8, 4) is 0 Å². The number of rotatable bonds is 3. The number of fused-ring (bicyclic) bond motifs is 1. The molecule has 2 aliphatic heterocycles. The summed E-state index contributed by atoms with van der Waals surface area (Å²) in [4.78, 5) is 19.7. The minimum atomic E-state index is 0.320. The Hall–Kier alpha value is -1.39. The van der Waals surface area contributed by atoms with E-state index in [0.29, 0.717) is 12.5 Å². The molecule has 1 aromatic rings. The zero-order chi connectivity index (χ0) is 16.4. The lowest BCUT2D eigenvalue weighted by molar-refractivity contribution is -0.134. The molecule has 130 valence electrons. The van der Waals surface area contributed by atoms with Gasteiger partial charge in [-0.3, -0.25) is 14.6 Å². The first-order chi connectivity index (χ1) is 11.8. The van der Waals surface area contributed by atoms with Gasteiger partial charge >= 0.3 is 0 Å². The number of nitrogens with zero attached hydrogens (tertiary/aromatic N) is 3. The van der Waals surface area contributed by atoms with Crippen LogP contribution < -0.4 is 0 Å². The molecule has 0 radical (unpaired) electrons. The van der Waals surface area contributed by atoms with Crippen molar-refractivity contribution in [1.82, 2.24) is 14.7 Å². The van der Waals surface area contributed by atoms with E-state index in [1.54, 1.807) is 0 Å². The molecule has 0 spiro atoms. The number of amides is 1. The summed E-state index contributed by atoms with van der Waals surface area (Å²) in [5, 5.41) is 0. The van der Waals surface area contributed by atoms with Crippen LogP contribution in [0.5, 0.6) is 0 Å². The van der Waals surface area contributed by atoms with Crippen molar-refractivity contribution < 1.29 is 4.79 Å². The molecular weight excluding hydrogens is 298 g/mol. The Morgan fingerprint density at radius 1 is 0.958 bits per heavy atom. The fraction of sp³-hybridized carbons (Fsp3) is 0.650. The van der Waals surface area contributed by atoms with Gasteiger partial charge < -0.3 is 4.90 Å². The highest BCUT2D eigenvalue weighted by atomic mass is 16.2. The van der Waals surface area contributed by atoms with Crippen molar-refractivity contribution in [1.29, 1.82) is 0 Å². The van der Waals surface area contributed by atoms with E-state index in [2.05, 4.69) is 39.0 Å². The molecule has 2 heterocycles. The summed E-state index contributed by atoms with van der Waals surface area (Å²) < 4.78 is 0. The van der Waals surface area contributed by atoms with Crippen LogP contribution >= 0.6 is 0 Å². The van der Waals surface area contributed by atoms with Gasteiger partial charge in [-0.05, 0) is 30.4 Å². The van der Waals surface area contributed by atoms with Crippen molar-refractivity contribution in [3.05, 3.63) is 35.4 Å². The number of hydrogen-bond acceptors (Lipinski definition) is 3. The first kappa shape index (κ1) is 16.1. The Kier molecular flexibility index (Phi) is 4.86. The molecule has 4 rings (SSSR count). The lowest BCUT2D eigenvalue weighted by Crippen LogP contribution is -2.53. The van der Waals surface area contributed by atoms with Crippen LogP contribution in [-0.2, 0) is 17.8 Å². The molecule has 3 aliphatic rings. The zero-order valence-electron chi connectivity index (χ0n) is 14.6. The van der Waals surface area contributed by atoms with Crippen LogP contribution in [0.3, 0.4) is 0 Å². The van der Waals surface area contributed by atoms with E-state index in [-0.39, 0.29) is 0 Å². The van der Waals surface area contributed by atoms with Crippen molar-refractivity contribution in [3.63, 3.8) is 0 Å². The highest BCUT2D eigenvalue weighted by molar-refractivity contribution is 5.78. The number of carbonyl (C=O) groups excluding carboxylic acids is 1. The average Bonchev–Trinajstić information content (AvgIpc) is 3.16. The van der Waals surface area contributed by atoms with Crippen LogP contribution in [0, 0.1) is 0 Å². The van der Waals surface area contributed by atoms with Crippen LogP contribution in [0.25, 0.3) is 0 Å². The molecule has 1 aliphatic carbocycles. The second-order valence-corrected chi connectivity index (χ2v) is 7.58. The van der Waals surface area contributed by atoms with Gasteiger partial charge in [-0.15, -0.1) is 0 Å². The van der Waals surface area contributed by atoms with E-state index in [1.165, 1.54) is 36.8 Å². The summed E-state index contributed by atoms with van der Waals surface area (Å²) in [7, 11) is 0. The van der Waals surface area contributed by atoms with Gasteiger partial charge in [-0.2, -0.15) is 0 Å². The van der Waals surface area contributed by atoms with Crippen molar-refractivity contribution in [2.75, 3.05) is 39.3 Å². The van der Waals surface area contributed by atoms with E-state index >= 15 is 0 Å². The minimum Gasteiger partial charge on any atom is -0.339 e. The maximum atomic E-state index is 12.7. The van der Waals surface area contributed by atoms with Crippen molar-refractivity contribution >= 4 is 5.91 Å². The molecule has 4 heteroatoms. The van der Waals surface area contributed by atoms with Gasteiger partial charge in [-0.1, -0.05) is 37.1 Å². The quantitative estimate of drug-likeness (QED) is 0.851.